The highest BCUT2D eigenvalue weighted by Crippen LogP contribution is 2.25. The Hall–Kier alpha value is -1.59. The molecule has 122 valence electrons. The van der Waals surface area contributed by atoms with E-state index in [0.717, 1.165) is 13.1 Å². The van der Waals surface area contributed by atoms with Crippen LogP contribution in [0.3, 0.4) is 0 Å². The first-order valence-electron chi connectivity index (χ1n) is 7.97. The van der Waals surface area contributed by atoms with Crippen LogP contribution in [0.1, 0.15) is 40.6 Å². The van der Waals surface area contributed by atoms with Crippen LogP contribution in [0.15, 0.2) is 45.5 Å². The highest BCUT2D eigenvalue weighted by molar-refractivity contribution is 9.10. The number of aryl methyl sites for hydroxylation is 1. The molecule has 0 aliphatic carbocycles. The number of carbonyl (C=O) groups excluding carboxylic acids is 1. The topological polar surface area (TPSA) is 45.5 Å². The SMILES string of the molecule is Cc1ccc([C@H](CNC(=O)c2ccc(Br)o2)N2CCCC2)cc1. The van der Waals surface area contributed by atoms with E-state index in [2.05, 4.69) is 57.3 Å². The van der Waals surface area contributed by atoms with Crippen LogP contribution in [0.2, 0.25) is 0 Å². The lowest BCUT2D eigenvalue weighted by atomic mass is 10.0. The minimum absolute atomic E-state index is 0.174. The monoisotopic (exact) mass is 376 g/mol. The summed E-state index contributed by atoms with van der Waals surface area (Å²) >= 11 is 3.22. The maximum absolute atomic E-state index is 12.2. The van der Waals surface area contributed by atoms with Crippen molar-refractivity contribution in [3.8, 4) is 0 Å². The molecule has 5 heteroatoms. The van der Waals surface area contributed by atoms with E-state index in [1.54, 1.807) is 12.1 Å². The lowest BCUT2D eigenvalue weighted by Gasteiger charge is -2.28. The van der Waals surface area contributed by atoms with Gasteiger partial charge in [-0.05, 0) is 66.5 Å². The summed E-state index contributed by atoms with van der Waals surface area (Å²) in [6, 6.07) is 12.2. The predicted molar refractivity (Wildman–Crippen MR) is 93.5 cm³/mol. The molecule has 0 unspecified atom stereocenters. The second-order valence-electron chi connectivity index (χ2n) is 5.98. The standard InChI is InChI=1S/C18H21BrN2O2/c1-13-4-6-14(7-5-13)15(21-10-2-3-11-21)12-20-18(22)16-8-9-17(19)23-16/h4-9,15H,2-3,10-12H2,1H3,(H,20,22)/t15-/m0/s1. The highest BCUT2D eigenvalue weighted by Gasteiger charge is 2.24. The third-order valence-electron chi connectivity index (χ3n) is 4.30. The average Bonchev–Trinajstić information content (AvgIpc) is 3.21. The van der Waals surface area contributed by atoms with Gasteiger partial charge in [0.25, 0.3) is 5.91 Å². The third kappa shape index (κ3) is 4.03. The van der Waals surface area contributed by atoms with Crippen LogP contribution in [0.5, 0.6) is 0 Å². The van der Waals surface area contributed by atoms with Gasteiger partial charge < -0.3 is 9.73 Å². The quantitative estimate of drug-likeness (QED) is 0.859. The molecule has 1 fully saturated rings. The maximum Gasteiger partial charge on any atom is 0.287 e. The van der Waals surface area contributed by atoms with Crippen LogP contribution < -0.4 is 5.32 Å². The number of carbonyl (C=O) groups is 1. The Morgan fingerprint density at radius 3 is 2.52 bits per heavy atom. The molecule has 0 spiro atoms. The number of furan rings is 1. The smallest absolute Gasteiger partial charge is 0.287 e. The summed E-state index contributed by atoms with van der Waals surface area (Å²) in [4.78, 5) is 14.7. The van der Waals surface area contributed by atoms with Gasteiger partial charge in [0.2, 0.25) is 0 Å². The fourth-order valence-electron chi connectivity index (χ4n) is 3.01. The van der Waals surface area contributed by atoms with Crippen LogP contribution in [0.25, 0.3) is 0 Å². The number of halogens is 1. The molecule has 3 rings (SSSR count). The molecule has 1 atom stereocenters. The zero-order valence-electron chi connectivity index (χ0n) is 13.2. The van der Waals surface area contributed by atoms with Crippen LogP contribution in [0.4, 0.5) is 0 Å². The summed E-state index contributed by atoms with van der Waals surface area (Å²) in [6.45, 7) is 4.84. The van der Waals surface area contributed by atoms with Crippen molar-refractivity contribution in [2.75, 3.05) is 19.6 Å². The normalized spacial score (nSPS) is 16.4. The van der Waals surface area contributed by atoms with Crippen molar-refractivity contribution in [1.82, 2.24) is 10.2 Å². The lowest BCUT2D eigenvalue weighted by Crippen LogP contribution is -2.36. The van der Waals surface area contributed by atoms with Crippen LogP contribution in [-0.4, -0.2) is 30.4 Å². The molecule has 2 aromatic rings. The summed E-state index contributed by atoms with van der Waals surface area (Å²) in [6.07, 6.45) is 2.45. The molecule has 2 heterocycles. The number of hydrogen-bond acceptors (Lipinski definition) is 3. The van der Waals surface area contributed by atoms with Crippen molar-refractivity contribution < 1.29 is 9.21 Å². The summed E-state index contributed by atoms with van der Waals surface area (Å²) in [5.41, 5.74) is 2.50. The molecule has 1 aromatic heterocycles. The largest absolute Gasteiger partial charge is 0.444 e. The molecule has 4 nitrogen and oxygen atoms in total. The van der Waals surface area contributed by atoms with Gasteiger partial charge in [0, 0.05) is 6.54 Å². The molecule has 1 aliphatic rings. The van der Waals surface area contributed by atoms with Gasteiger partial charge in [0.05, 0.1) is 6.04 Å². The van der Waals surface area contributed by atoms with Crippen molar-refractivity contribution in [2.24, 2.45) is 0 Å². The molecule has 1 aromatic carbocycles. The minimum atomic E-state index is -0.174. The van der Waals surface area contributed by atoms with Crippen LogP contribution in [0, 0.1) is 6.92 Å². The van der Waals surface area contributed by atoms with Crippen molar-refractivity contribution in [1.29, 1.82) is 0 Å². The van der Waals surface area contributed by atoms with E-state index in [1.807, 2.05) is 0 Å². The number of rotatable bonds is 5. The number of amides is 1. The second-order valence-corrected chi connectivity index (χ2v) is 6.76. The maximum atomic E-state index is 12.2. The summed E-state index contributed by atoms with van der Waals surface area (Å²) in [5.74, 6) is 0.160. The number of hydrogen-bond donors (Lipinski definition) is 1. The lowest BCUT2D eigenvalue weighted by molar-refractivity contribution is 0.0909. The summed E-state index contributed by atoms with van der Waals surface area (Å²) in [7, 11) is 0. The zero-order valence-corrected chi connectivity index (χ0v) is 14.8. The van der Waals surface area contributed by atoms with Gasteiger partial charge in [-0.3, -0.25) is 9.69 Å². The Kier molecular flexibility index (Phi) is 5.18. The van der Waals surface area contributed by atoms with E-state index in [1.165, 1.54) is 24.0 Å². The van der Waals surface area contributed by atoms with Crippen molar-refractivity contribution in [3.63, 3.8) is 0 Å². The minimum Gasteiger partial charge on any atom is -0.444 e. The molecule has 23 heavy (non-hydrogen) atoms. The van der Waals surface area contributed by atoms with E-state index in [9.17, 15) is 4.79 Å². The predicted octanol–water partition coefficient (Wildman–Crippen LogP) is 3.92. The van der Waals surface area contributed by atoms with Gasteiger partial charge in [-0.2, -0.15) is 0 Å². The van der Waals surface area contributed by atoms with E-state index in [-0.39, 0.29) is 11.9 Å². The Balaban J connectivity index is 1.71. The third-order valence-corrected chi connectivity index (χ3v) is 4.72. The Morgan fingerprint density at radius 2 is 1.91 bits per heavy atom. The van der Waals surface area contributed by atoms with Crippen LogP contribution in [-0.2, 0) is 0 Å². The summed E-state index contributed by atoms with van der Waals surface area (Å²) < 4.78 is 5.88. The van der Waals surface area contributed by atoms with Gasteiger partial charge in [-0.15, -0.1) is 0 Å². The molecule has 1 amide bonds. The average molecular weight is 377 g/mol. The van der Waals surface area contributed by atoms with Crippen molar-refractivity contribution in [3.05, 3.63) is 58.0 Å². The van der Waals surface area contributed by atoms with E-state index in [4.69, 9.17) is 4.42 Å². The number of nitrogens with zero attached hydrogens (tertiary/aromatic N) is 1. The first-order chi connectivity index (χ1) is 11.1. The first kappa shape index (κ1) is 16.3. The van der Waals surface area contributed by atoms with Crippen molar-refractivity contribution >= 4 is 21.8 Å². The molecule has 1 saturated heterocycles. The summed E-state index contributed by atoms with van der Waals surface area (Å²) in [5, 5.41) is 3.01. The van der Waals surface area contributed by atoms with Gasteiger partial charge in [-0.1, -0.05) is 29.8 Å². The second kappa shape index (κ2) is 7.32. The van der Waals surface area contributed by atoms with E-state index < -0.39 is 0 Å². The molecular formula is C18H21BrN2O2. The molecule has 1 aliphatic heterocycles. The number of benzene rings is 1. The van der Waals surface area contributed by atoms with E-state index in [0.29, 0.717) is 17.0 Å². The fraction of sp³-hybridized carbons (Fsp3) is 0.389. The van der Waals surface area contributed by atoms with Gasteiger partial charge in [0.15, 0.2) is 10.4 Å². The Morgan fingerprint density at radius 1 is 1.22 bits per heavy atom. The molecule has 0 saturated carbocycles. The van der Waals surface area contributed by atoms with E-state index >= 15 is 0 Å². The van der Waals surface area contributed by atoms with Crippen molar-refractivity contribution in [2.45, 2.75) is 25.8 Å². The Labute approximate surface area is 145 Å². The number of likely N-dealkylation sites (tertiary alicyclic amines) is 1. The highest BCUT2D eigenvalue weighted by atomic mass is 79.9. The fourth-order valence-corrected chi connectivity index (χ4v) is 3.32. The molecular weight excluding hydrogens is 356 g/mol. The van der Waals surface area contributed by atoms with Gasteiger partial charge in [-0.25, -0.2) is 0 Å². The van der Waals surface area contributed by atoms with Gasteiger partial charge in [0.1, 0.15) is 0 Å². The van der Waals surface area contributed by atoms with Gasteiger partial charge >= 0.3 is 0 Å². The Bertz CT molecular complexity index is 660. The molecule has 1 N–H and O–H groups in total. The molecule has 0 radical (unpaired) electrons. The zero-order chi connectivity index (χ0) is 16.2. The van der Waals surface area contributed by atoms with Crippen LogP contribution >= 0.6 is 15.9 Å². The molecule has 0 bridgehead atoms. The number of nitrogens with one attached hydrogen (secondary N) is 1. The first-order valence-corrected chi connectivity index (χ1v) is 8.77.